The molecule has 1 saturated heterocycles. The molecule has 28 heavy (non-hydrogen) atoms. The summed E-state index contributed by atoms with van der Waals surface area (Å²) >= 11 is 6.12. The van der Waals surface area contributed by atoms with Crippen molar-refractivity contribution in [2.75, 3.05) is 36.7 Å². The lowest BCUT2D eigenvalue weighted by molar-refractivity contribution is -0.119. The van der Waals surface area contributed by atoms with Gasteiger partial charge in [0.25, 0.3) is 0 Å². The van der Waals surface area contributed by atoms with Crippen LogP contribution in [-0.2, 0) is 14.8 Å². The number of halogens is 1. The van der Waals surface area contributed by atoms with Crippen LogP contribution in [0, 0.1) is 6.92 Å². The van der Waals surface area contributed by atoms with Crippen molar-refractivity contribution in [2.45, 2.75) is 52.0 Å². The molecule has 0 radical (unpaired) electrons. The van der Waals surface area contributed by atoms with Crippen molar-refractivity contribution in [2.24, 2.45) is 0 Å². The molecule has 1 fully saturated rings. The molecule has 1 aromatic rings. The molecule has 1 N–H and O–H groups in total. The Hall–Kier alpha value is -1.31. The van der Waals surface area contributed by atoms with Gasteiger partial charge in [-0.1, -0.05) is 31.0 Å². The third-order valence-corrected chi connectivity index (χ3v) is 6.90. The zero-order valence-corrected chi connectivity index (χ0v) is 18.7. The lowest BCUT2D eigenvalue weighted by Crippen LogP contribution is -2.43. The van der Waals surface area contributed by atoms with Gasteiger partial charge in [-0.2, -0.15) is 0 Å². The van der Waals surface area contributed by atoms with E-state index in [0.29, 0.717) is 28.9 Å². The molecule has 1 atom stereocenters. The van der Waals surface area contributed by atoms with Crippen LogP contribution in [0.3, 0.4) is 0 Å². The molecule has 1 heterocycles. The van der Waals surface area contributed by atoms with Gasteiger partial charge in [0, 0.05) is 24.2 Å². The number of sulfonamides is 1. The fourth-order valence-electron chi connectivity index (χ4n) is 3.76. The second-order valence-corrected chi connectivity index (χ2v) is 9.76. The van der Waals surface area contributed by atoms with Gasteiger partial charge in [0.2, 0.25) is 15.9 Å². The van der Waals surface area contributed by atoms with E-state index in [1.54, 1.807) is 25.1 Å². The summed E-state index contributed by atoms with van der Waals surface area (Å²) in [7, 11) is -3.61. The van der Waals surface area contributed by atoms with Crippen molar-refractivity contribution in [1.82, 2.24) is 10.2 Å². The molecule has 0 aliphatic carbocycles. The molecule has 0 aromatic heterocycles. The fourth-order valence-corrected chi connectivity index (χ4v) is 4.84. The van der Waals surface area contributed by atoms with Gasteiger partial charge in [-0.15, -0.1) is 0 Å². The largest absolute Gasteiger partial charge is 0.354 e. The first-order valence-corrected chi connectivity index (χ1v) is 12.2. The number of carbonyl (C=O) groups is 1. The minimum atomic E-state index is -3.61. The number of amides is 1. The van der Waals surface area contributed by atoms with E-state index < -0.39 is 10.0 Å². The monoisotopic (exact) mass is 429 g/mol. The molecule has 6 nitrogen and oxygen atoms in total. The fraction of sp³-hybridized carbons (Fsp3) is 0.650. The number of likely N-dealkylation sites (tertiary alicyclic amines) is 1. The van der Waals surface area contributed by atoms with Crippen LogP contribution >= 0.6 is 11.6 Å². The second kappa shape index (κ2) is 10.5. The lowest BCUT2D eigenvalue weighted by Gasteiger charge is -2.35. The average Bonchev–Trinajstić information content (AvgIpc) is 2.65. The second-order valence-electron chi connectivity index (χ2n) is 7.45. The Labute approximate surface area is 174 Å². The zero-order chi connectivity index (χ0) is 20.7. The molecule has 1 aliphatic rings. The number of hydrogen-bond acceptors (Lipinski definition) is 4. The van der Waals surface area contributed by atoms with Crippen molar-refractivity contribution >= 4 is 33.2 Å². The van der Waals surface area contributed by atoms with Gasteiger partial charge in [0.15, 0.2) is 0 Å². The smallest absolute Gasteiger partial charge is 0.240 e. The highest BCUT2D eigenvalue weighted by Crippen LogP contribution is 2.28. The van der Waals surface area contributed by atoms with E-state index in [9.17, 15) is 13.2 Å². The highest BCUT2D eigenvalue weighted by atomic mass is 35.5. The molecule has 2 rings (SSSR count). The van der Waals surface area contributed by atoms with Gasteiger partial charge < -0.3 is 10.2 Å². The summed E-state index contributed by atoms with van der Waals surface area (Å²) in [5.74, 6) is -0.310. The van der Waals surface area contributed by atoms with Crippen molar-refractivity contribution < 1.29 is 13.2 Å². The lowest BCUT2D eigenvalue weighted by atomic mass is 10.00. The predicted molar refractivity (Wildman–Crippen MR) is 116 cm³/mol. The van der Waals surface area contributed by atoms with Crippen LogP contribution in [0.1, 0.15) is 44.6 Å². The Kier molecular flexibility index (Phi) is 8.58. The topological polar surface area (TPSA) is 69.7 Å². The number of carbonyl (C=O) groups excluding carboxylic acids is 1. The molecule has 0 saturated carbocycles. The number of nitrogens with one attached hydrogen (secondary N) is 1. The molecule has 0 spiro atoms. The molecular formula is C20H32ClN3O3S. The molecule has 1 unspecified atom stereocenters. The minimum absolute atomic E-state index is 0.249. The third-order valence-electron chi connectivity index (χ3n) is 5.36. The normalized spacial score (nSPS) is 18.1. The highest BCUT2D eigenvalue weighted by Gasteiger charge is 2.23. The molecule has 1 aliphatic heterocycles. The van der Waals surface area contributed by atoms with Crippen LogP contribution in [0.2, 0.25) is 5.02 Å². The summed E-state index contributed by atoms with van der Waals surface area (Å²) in [6, 6.07) is 5.70. The maximum Gasteiger partial charge on any atom is 0.240 e. The Balaban J connectivity index is 1.89. The zero-order valence-electron chi connectivity index (χ0n) is 17.1. The van der Waals surface area contributed by atoms with Crippen LogP contribution in [0.5, 0.6) is 0 Å². The van der Waals surface area contributed by atoms with E-state index in [1.165, 1.54) is 19.3 Å². The van der Waals surface area contributed by atoms with Gasteiger partial charge in [-0.05, 0) is 56.8 Å². The maximum absolute atomic E-state index is 12.4. The highest BCUT2D eigenvalue weighted by molar-refractivity contribution is 7.92. The molecule has 0 bridgehead atoms. The maximum atomic E-state index is 12.4. The van der Waals surface area contributed by atoms with Crippen molar-refractivity contribution in [3.63, 3.8) is 0 Å². The van der Waals surface area contributed by atoms with Crippen molar-refractivity contribution in [1.29, 1.82) is 0 Å². The Bertz CT molecular complexity index is 770. The number of nitrogens with zero attached hydrogens (tertiary/aromatic N) is 2. The first-order valence-electron chi connectivity index (χ1n) is 9.97. The van der Waals surface area contributed by atoms with Gasteiger partial charge in [0.1, 0.15) is 6.54 Å². The van der Waals surface area contributed by atoms with Gasteiger partial charge >= 0.3 is 0 Å². The molecule has 158 valence electrons. The molecule has 8 heteroatoms. The van der Waals surface area contributed by atoms with Gasteiger partial charge in [-0.25, -0.2) is 8.42 Å². The van der Waals surface area contributed by atoms with Crippen LogP contribution in [0.25, 0.3) is 0 Å². The van der Waals surface area contributed by atoms with Crippen molar-refractivity contribution in [3.8, 4) is 0 Å². The van der Waals surface area contributed by atoms with E-state index in [2.05, 4.69) is 17.1 Å². The standard InChI is InChI=1S/C20H32ClN3O3S/c1-4-17-9-5-6-13-23(17)14-8-12-22-20(25)15-24(28(3,26)27)19-11-7-10-18(21)16(19)2/h7,10-11,17H,4-6,8-9,12-15H2,1-3H3,(H,22,25). The summed E-state index contributed by atoms with van der Waals surface area (Å²) in [6.45, 7) is 6.35. The first kappa shape index (κ1) is 23.0. The number of rotatable bonds is 9. The van der Waals surface area contributed by atoms with E-state index in [-0.39, 0.29) is 12.5 Å². The SMILES string of the molecule is CCC1CCCCN1CCCNC(=O)CN(c1cccc(Cl)c1C)S(C)(=O)=O. The third kappa shape index (κ3) is 6.36. The minimum Gasteiger partial charge on any atom is -0.354 e. The van der Waals surface area contributed by atoms with Gasteiger partial charge in [0.05, 0.1) is 11.9 Å². The van der Waals surface area contributed by atoms with Crippen LogP contribution in [0.4, 0.5) is 5.69 Å². The first-order chi connectivity index (χ1) is 13.2. The van der Waals surface area contributed by atoms with Gasteiger partial charge in [-0.3, -0.25) is 9.10 Å². The number of benzene rings is 1. The molecular weight excluding hydrogens is 398 g/mol. The summed E-state index contributed by atoms with van der Waals surface area (Å²) in [6.07, 6.45) is 6.92. The Morgan fingerprint density at radius 3 is 2.79 bits per heavy atom. The Morgan fingerprint density at radius 2 is 2.11 bits per heavy atom. The average molecular weight is 430 g/mol. The van der Waals surface area contributed by atoms with E-state index in [4.69, 9.17) is 11.6 Å². The summed E-state index contributed by atoms with van der Waals surface area (Å²) in [4.78, 5) is 14.9. The van der Waals surface area contributed by atoms with Crippen LogP contribution in [-0.4, -0.2) is 57.7 Å². The number of anilines is 1. The van der Waals surface area contributed by atoms with Crippen LogP contribution in [0.15, 0.2) is 18.2 Å². The van der Waals surface area contributed by atoms with Crippen molar-refractivity contribution in [3.05, 3.63) is 28.8 Å². The van der Waals surface area contributed by atoms with E-state index in [1.807, 2.05) is 0 Å². The van der Waals surface area contributed by atoms with E-state index >= 15 is 0 Å². The predicted octanol–water partition coefficient (Wildman–Crippen LogP) is 3.19. The summed E-state index contributed by atoms with van der Waals surface area (Å²) in [5.41, 5.74) is 1.07. The summed E-state index contributed by atoms with van der Waals surface area (Å²) < 4.78 is 25.6. The summed E-state index contributed by atoms with van der Waals surface area (Å²) in [5, 5.41) is 3.33. The molecule has 1 amide bonds. The van der Waals surface area contributed by atoms with E-state index in [0.717, 1.165) is 36.5 Å². The number of piperidine rings is 1. The quantitative estimate of drug-likeness (QED) is 0.612. The Morgan fingerprint density at radius 1 is 1.36 bits per heavy atom. The molecule has 1 aromatic carbocycles. The van der Waals surface area contributed by atoms with Crippen LogP contribution < -0.4 is 9.62 Å². The number of hydrogen-bond donors (Lipinski definition) is 1.